The van der Waals surface area contributed by atoms with Crippen LogP contribution in [0.4, 0.5) is 0 Å². The van der Waals surface area contributed by atoms with E-state index in [0.29, 0.717) is 18.6 Å². The van der Waals surface area contributed by atoms with Crippen LogP contribution in [0.15, 0.2) is 12.1 Å². The van der Waals surface area contributed by atoms with Crippen LogP contribution in [0, 0.1) is 0 Å². The van der Waals surface area contributed by atoms with Crippen LogP contribution in [0.5, 0.6) is 0 Å². The number of nitrogens with two attached hydrogens (primary N) is 1. The van der Waals surface area contributed by atoms with Gasteiger partial charge in [0.15, 0.2) is 0 Å². The zero-order chi connectivity index (χ0) is 14.5. The van der Waals surface area contributed by atoms with Gasteiger partial charge in [-0.25, -0.2) is 0 Å². The Morgan fingerprint density at radius 2 is 2.25 bits per heavy atom. The van der Waals surface area contributed by atoms with Gasteiger partial charge in [0.25, 0.3) is 0 Å². The second kappa shape index (κ2) is 7.55. The third kappa shape index (κ3) is 3.61. The molecule has 1 aromatic heterocycles. The molecule has 2 unspecified atom stereocenters. The summed E-state index contributed by atoms with van der Waals surface area (Å²) in [6.07, 6.45) is 3.80. The molecule has 3 nitrogen and oxygen atoms in total. The molecule has 2 heterocycles. The molecular weight excluding hydrogens is 266 g/mol. The van der Waals surface area contributed by atoms with E-state index in [9.17, 15) is 0 Å². The Hall–Kier alpha value is -0.420. The summed E-state index contributed by atoms with van der Waals surface area (Å²) < 4.78 is 0. The maximum atomic E-state index is 6.05. The third-order valence-corrected chi connectivity index (χ3v) is 5.85. The van der Waals surface area contributed by atoms with Crippen LogP contribution in [0.1, 0.15) is 42.5 Å². The summed E-state index contributed by atoms with van der Waals surface area (Å²) in [6.45, 7) is 8.76. The molecule has 1 fully saturated rings. The molecule has 1 aliphatic heterocycles. The minimum atomic E-state index is 0.375. The van der Waals surface area contributed by atoms with Crippen molar-refractivity contribution >= 4 is 11.3 Å². The van der Waals surface area contributed by atoms with Crippen molar-refractivity contribution < 1.29 is 0 Å². The van der Waals surface area contributed by atoms with E-state index < -0.39 is 0 Å². The molecule has 0 aliphatic carbocycles. The summed E-state index contributed by atoms with van der Waals surface area (Å²) in [5, 5.41) is 0. The van der Waals surface area contributed by atoms with E-state index in [0.717, 1.165) is 13.0 Å². The van der Waals surface area contributed by atoms with Gasteiger partial charge in [-0.3, -0.25) is 9.80 Å². The zero-order valence-electron chi connectivity index (χ0n) is 13.1. The van der Waals surface area contributed by atoms with Crippen molar-refractivity contribution in [2.75, 3.05) is 33.2 Å². The average Bonchev–Trinajstić information content (AvgIpc) is 3.08. The highest BCUT2D eigenvalue weighted by atomic mass is 32.1. The van der Waals surface area contributed by atoms with Crippen molar-refractivity contribution in [1.29, 1.82) is 0 Å². The zero-order valence-corrected chi connectivity index (χ0v) is 14.0. The second-order valence-corrected chi connectivity index (χ2v) is 6.97. The molecule has 2 atom stereocenters. The normalized spacial score (nSPS) is 21.8. The van der Waals surface area contributed by atoms with Gasteiger partial charge in [0.2, 0.25) is 0 Å². The van der Waals surface area contributed by atoms with Crippen molar-refractivity contribution in [1.82, 2.24) is 9.80 Å². The van der Waals surface area contributed by atoms with Gasteiger partial charge >= 0.3 is 0 Å². The van der Waals surface area contributed by atoms with E-state index in [2.05, 4.69) is 42.8 Å². The molecule has 2 rings (SSSR count). The highest BCUT2D eigenvalue weighted by Gasteiger charge is 2.27. The molecule has 0 aromatic carbocycles. The standard InChI is InChI=1S/C16H29N3S/c1-4-14-8-9-16(20-14)15(11-17)18(3)12-13-7-6-10-19(13)5-2/h8-9,13,15H,4-7,10-12,17H2,1-3H3. The topological polar surface area (TPSA) is 32.5 Å². The summed E-state index contributed by atoms with van der Waals surface area (Å²) in [7, 11) is 2.23. The maximum Gasteiger partial charge on any atom is 0.0562 e. The number of hydrogen-bond donors (Lipinski definition) is 1. The number of rotatable bonds is 7. The van der Waals surface area contributed by atoms with Crippen molar-refractivity contribution in [2.24, 2.45) is 5.73 Å². The number of likely N-dealkylation sites (tertiary alicyclic amines) is 1. The lowest BCUT2D eigenvalue weighted by molar-refractivity contribution is 0.167. The molecule has 0 saturated carbocycles. The van der Waals surface area contributed by atoms with Crippen molar-refractivity contribution in [2.45, 2.75) is 45.2 Å². The van der Waals surface area contributed by atoms with Crippen LogP contribution < -0.4 is 5.73 Å². The molecule has 1 aromatic rings. The predicted octanol–water partition coefficient (Wildman–Crippen LogP) is 2.73. The molecule has 114 valence electrons. The van der Waals surface area contributed by atoms with Crippen molar-refractivity contribution in [3.8, 4) is 0 Å². The average molecular weight is 295 g/mol. The van der Waals surface area contributed by atoms with Gasteiger partial charge in [-0.05, 0) is 51.5 Å². The van der Waals surface area contributed by atoms with Gasteiger partial charge in [0.1, 0.15) is 0 Å². The van der Waals surface area contributed by atoms with Gasteiger partial charge in [0, 0.05) is 28.9 Å². The van der Waals surface area contributed by atoms with E-state index in [1.54, 1.807) is 0 Å². The number of nitrogens with zero attached hydrogens (tertiary/aromatic N) is 2. The highest BCUT2D eigenvalue weighted by Crippen LogP contribution is 2.28. The lowest BCUT2D eigenvalue weighted by atomic mass is 10.1. The minimum absolute atomic E-state index is 0.375. The first-order chi connectivity index (χ1) is 9.69. The first kappa shape index (κ1) is 16.0. The van der Waals surface area contributed by atoms with Crippen molar-refractivity contribution in [3.63, 3.8) is 0 Å². The SMILES string of the molecule is CCc1ccc(C(CN)N(C)CC2CCCN2CC)s1. The van der Waals surface area contributed by atoms with E-state index >= 15 is 0 Å². The van der Waals surface area contributed by atoms with Gasteiger partial charge in [-0.1, -0.05) is 13.8 Å². The fourth-order valence-electron chi connectivity index (χ4n) is 3.25. The van der Waals surface area contributed by atoms with Crippen molar-refractivity contribution in [3.05, 3.63) is 21.9 Å². The second-order valence-electron chi connectivity index (χ2n) is 5.77. The molecule has 4 heteroatoms. The molecule has 0 spiro atoms. The Kier molecular flexibility index (Phi) is 6.02. The Bertz CT molecular complexity index is 404. The Labute approximate surface area is 127 Å². The van der Waals surface area contributed by atoms with Crippen LogP contribution >= 0.6 is 11.3 Å². The summed E-state index contributed by atoms with van der Waals surface area (Å²) in [5.41, 5.74) is 6.05. The minimum Gasteiger partial charge on any atom is -0.329 e. The van der Waals surface area contributed by atoms with Crippen LogP contribution in [0.3, 0.4) is 0 Å². The summed E-state index contributed by atoms with van der Waals surface area (Å²) in [6, 6.07) is 5.61. The predicted molar refractivity (Wildman–Crippen MR) is 88.4 cm³/mol. The summed E-state index contributed by atoms with van der Waals surface area (Å²) in [5.74, 6) is 0. The first-order valence-electron chi connectivity index (χ1n) is 7.92. The Morgan fingerprint density at radius 1 is 1.45 bits per heavy atom. The Morgan fingerprint density at radius 3 is 2.85 bits per heavy atom. The maximum absolute atomic E-state index is 6.05. The third-order valence-electron chi connectivity index (χ3n) is 4.52. The number of aryl methyl sites for hydroxylation is 1. The largest absolute Gasteiger partial charge is 0.329 e. The molecular formula is C16H29N3S. The molecule has 1 aliphatic rings. The number of hydrogen-bond acceptors (Lipinski definition) is 4. The van der Waals surface area contributed by atoms with Gasteiger partial charge in [0.05, 0.1) is 6.04 Å². The molecule has 0 amide bonds. The smallest absolute Gasteiger partial charge is 0.0562 e. The molecule has 0 radical (unpaired) electrons. The molecule has 20 heavy (non-hydrogen) atoms. The fraction of sp³-hybridized carbons (Fsp3) is 0.750. The van der Waals surface area contributed by atoms with E-state index in [1.807, 2.05) is 11.3 Å². The fourth-order valence-corrected chi connectivity index (χ4v) is 4.39. The van der Waals surface area contributed by atoms with E-state index in [-0.39, 0.29) is 0 Å². The molecule has 2 N–H and O–H groups in total. The Balaban J connectivity index is 1.99. The molecule has 0 bridgehead atoms. The first-order valence-corrected chi connectivity index (χ1v) is 8.74. The van der Waals surface area contributed by atoms with Crippen LogP contribution in [-0.4, -0.2) is 49.1 Å². The van der Waals surface area contributed by atoms with Crippen LogP contribution in [0.2, 0.25) is 0 Å². The number of thiophene rings is 1. The summed E-state index contributed by atoms with van der Waals surface area (Å²) >= 11 is 1.92. The van der Waals surface area contributed by atoms with E-state index in [4.69, 9.17) is 5.73 Å². The van der Waals surface area contributed by atoms with E-state index in [1.165, 1.54) is 35.7 Å². The quantitative estimate of drug-likeness (QED) is 0.839. The monoisotopic (exact) mass is 295 g/mol. The lowest BCUT2D eigenvalue weighted by Crippen LogP contribution is -2.41. The van der Waals surface area contributed by atoms with Crippen LogP contribution in [-0.2, 0) is 6.42 Å². The van der Waals surface area contributed by atoms with Crippen LogP contribution in [0.25, 0.3) is 0 Å². The summed E-state index contributed by atoms with van der Waals surface area (Å²) in [4.78, 5) is 7.95. The van der Waals surface area contributed by atoms with Gasteiger partial charge < -0.3 is 5.73 Å². The van der Waals surface area contributed by atoms with Gasteiger partial charge in [-0.2, -0.15) is 0 Å². The van der Waals surface area contributed by atoms with Gasteiger partial charge in [-0.15, -0.1) is 11.3 Å². The lowest BCUT2D eigenvalue weighted by Gasteiger charge is -2.32. The number of likely N-dealkylation sites (N-methyl/N-ethyl adjacent to an activating group) is 2. The highest BCUT2D eigenvalue weighted by molar-refractivity contribution is 7.12. The molecule has 1 saturated heterocycles.